The predicted molar refractivity (Wildman–Crippen MR) is 70.6 cm³/mol. The molecule has 1 N–H and O–H groups in total. The van der Waals surface area contributed by atoms with E-state index >= 15 is 0 Å². The second kappa shape index (κ2) is 6.77. The lowest BCUT2D eigenvalue weighted by atomic mass is 10.2. The maximum absolute atomic E-state index is 3.49. The van der Waals surface area contributed by atoms with Gasteiger partial charge >= 0.3 is 0 Å². The van der Waals surface area contributed by atoms with Crippen LogP contribution in [0, 0.1) is 0 Å². The van der Waals surface area contributed by atoms with Crippen molar-refractivity contribution in [1.82, 2.24) is 10.2 Å². The smallest absolute Gasteiger partial charge is 0.0482 e. The molecule has 0 aliphatic heterocycles. The molecule has 1 aromatic rings. The molecule has 0 heterocycles. The highest BCUT2D eigenvalue weighted by Crippen LogP contribution is 1.94. The van der Waals surface area contributed by atoms with Crippen molar-refractivity contribution in [3.05, 3.63) is 29.8 Å². The molecule has 0 fully saturated rings. The van der Waals surface area contributed by atoms with E-state index in [1.54, 1.807) is 0 Å². The van der Waals surface area contributed by atoms with Gasteiger partial charge in [-0.1, -0.05) is 43.3 Å². The zero-order valence-electron chi connectivity index (χ0n) is 10.1. The van der Waals surface area contributed by atoms with Gasteiger partial charge < -0.3 is 5.32 Å². The second-order valence-corrected chi connectivity index (χ2v) is 4.89. The first-order chi connectivity index (χ1) is 7.27. The van der Waals surface area contributed by atoms with Gasteiger partial charge in [0.1, 0.15) is 0 Å². The summed E-state index contributed by atoms with van der Waals surface area (Å²) < 4.78 is 0. The maximum atomic E-state index is 3.49. The van der Waals surface area contributed by atoms with Gasteiger partial charge in [0.25, 0.3) is 0 Å². The molecule has 0 aromatic heterocycles. The molecule has 1 aromatic carbocycles. The summed E-state index contributed by atoms with van der Waals surface area (Å²) in [5, 5.41) is 5.00. The number of nitrogens with zero attached hydrogens (tertiary/aromatic N) is 1. The van der Waals surface area contributed by atoms with Crippen LogP contribution in [0.4, 0.5) is 0 Å². The van der Waals surface area contributed by atoms with Crippen molar-refractivity contribution in [2.24, 2.45) is 0 Å². The van der Waals surface area contributed by atoms with E-state index in [2.05, 4.69) is 48.3 Å². The fourth-order valence-electron chi connectivity index (χ4n) is 1.60. The van der Waals surface area contributed by atoms with Gasteiger partial charge in [-0.15, -0.1) is 0 Å². The van der Waals surface area contributed by atoms with Gasteiger partial charge in [0.15, 0.2) is 0 Å². The summed E-state index contributed by atoms with van der Waals surface area (Å²) in [6.07, 6.45) is 0. The fraction of sp³-hybridized carbons (Fsp3) is 0.500. The average Bonchev–Trinajstić information content (AvgIpc) is 2.27. The zero-order valence-corrected chi connectivity index (χ0v) is 12.1. The number of benzene rings is 1. The van der Waals surface area contributed by atoms with Crippen LogP contribution in [-0.4, -0.2) is 34.9 Å². The van der Waals surface area contributed by atoms with Crippen LogP contribution < -0.4 is 10.5 Å². The van der Waals surface area contributed by atoms with Crippen LogP contribution in [0.2, 0.25) is 0 Å². The van der Waals surface area contributed by atoms with Crippen molar-refractivity contribution < 1.29 is 0 Å². The highest BCUT2D eigenvalue weighted by molar-refractivity contribution is 6.33. The Kier molecular flexibility index (Phi) is 5.61. The van der Waals surface area contributed by atoms with Crippen molar-refractivity contribution in [3.8, 4) is 0 Å². The molecule has 15 heavy (non-hydrogen) atoms. The molecular weight excluding hydrogens is 200 g/mol. The minimum Gasteiger partial charge on any atom is -0.300 e. The molecular formula is C12H22N2Si. The Hall–Kier alpha value is -0.643. The topological polar surface area (TPSA) is 15.3 Å². The summed E-state index contributed by atoms with van der Waals surface area (Å²) in [5.74, 6) is 0. The van der Waals surface area contributed by atoms with Gasteiger partial charge in [-0.25, -0.2) is 0 Å². The molecule has 0 amide bonds. The van der Waals surface area contributed by atoms with E-state index in [1.807, 2.05) is 0 Å². The molecule has 2 nitrogen and oxygen atoms in total. The molecule has 0 bridgehead atoms. The fourth-order valence-corrected chi connectivity index (χ4v) is 2.14. The van der Waals surface area contributed by atoms with Gasteiger partial charge in [0, 0.05) is 23.5 Å². The van der Waals surface area contributed by atoms with Crippen LogP contribution in [0.1, 0.15) is 19.4 Å². The maximum Gasteiger partial charge on any atom is 0.0482 e. The van der Waals surface area contributed by atoms with E-state index in [-0.39, 0.29) is 0 Å². The van der Waals surface area contributed by atoms with Crippen LogP contribution in [-0.2, 0) is 6.54 Å². The highest BCUT2D eigenvalue weighted by atomic mass is 28.1. The summed E-state index contributed by atoms with van der Waals surface area (Å²) in [5.41, 5.74) is 1.45. The van der Waals surface area contributed by atoms with Gasteiger partial charge in [-0.3, -0.25) is 4.90 Å². The molecule has 0 aliphatic rings. The average molecular weight is 222 g/mol. The first kappa shape index (κ1) is 12.4. The Labute approximate surface area is 96.1 Å². The number of nitrogens with one attached hydrogen (secondary N) is 1. The van der Waals surface area contributed by atoms with Crippen LogP contribution in [0.25, 0.3) is 0 Å². The Morgan fingerprint density at radius 1 is 1.20 bits per heavy atom. The van der Waals surface area contributed by atoms with E-state index < -0.39 is 0 Å². The number of hydrogen-bond donors (Lipinski definition) is 1. The second-order valence-electron chi connectivity index (χ2n) is 3.81. The molecule has 3 heteroatoms. The molecule has 0 saturated carbocycles. The predicted octanol–water partition coefficient (Wildman–Crippen LogP) is 0.0662. The Morgan fingerprint density at radius 3 is 2.47 bits per heavy atom. The van der Waals surface area contributed by atoms with Crippen LogP contribution in [0.3, 0.4) is 0 Å². The summed E-state index contributed by atoms with van der Waals surface area (Å²) in [4.78, 5) is 2.38. The lowest BCUT2D eigenvalue weighted by Gasteiger charge is -2.18. The zero-order chi connectivity index (χ0) is 11.1. The summed E-state index contributed by atoms with van der Waals surface area (Å²) in [6.45, 7) is 8.62. The molecule has 0 atom stereocenters. The third kappa shape index (κ3) is 4.16. The summed E-state index contributed by atoms with van der Waals surface area (Å²) in [7, 11) is 1.14. The first-order valence-electron chi connectivity index (χ1n) is 5.75. The monoisotopic (exact) mass is 222 g/mol. The Balaban J connectivity index is 2.34. The molecule has 1 rings (SSSR count). The standard InChI is InChI=1S/C12H22N2Si/c1-3-14(4-2)10-13-9-11-7-5-6-8-12(11)15/h5-8,13H,3-4,9-10H2,1-2,15H3. The third-order valence-corrected chi connectivity index (χ3v) is 3.78. The lowest BCUT2D eigenvalue weighted by Crippen LogP contribution is -2.34. The highest BCUT2D eigenvalue weighted by Gasteiger charge is 1.99. The Bertz CT molecular complexity index is 285. The van der Waals surface area contributed by atoms with Crippen LogP contribution >= 0.6 is 0 Å². The van der Waals surface area contributed by atoms with Crippen LogP contribution in [0.5, 0.6) is 0 Å². The van der Waals surface area contributed by atoms with Gasteiger partial charge in [-0.05, 0) is 18.7 Å². The van der Waals surface area contributed by atoms with E-state index in [4.69, 9.17) is 0 Å². The van der Waals surface area contributed by atoms with Crippen LogP contribution in [0.15, 0.2) is 24.3 Å². The molecule has 0 saturated heterocycles. The van der Waals surface area contributed by atoms with Crippen molar-refractivity contribution in [2.45, 2.75) is 20.4 Å². The van der Waals surface area contributed by atoms with E-state index in [9.17, 15) is 0 Å². The van der Waals surface area contributed by atoms with E-state index in [0.717, 1.165) is 36.5 Å². The number of hydrogen-bond acceptors (Lipinski definition) is 2. The minimum absolute atomic E-state index is 0.989. The largest absolute Gasteiger partial charge is 0.300 e. The van der Waals surface area contributed by atoms with Gasteiger partial charge in [0.05, 0.1) is 0 Å². The molecule has 0 spiro atoms. The van der Waals surface area contributed by atoms with E-state index in [0.29, 0.717) is 0 Å². The SMILES string of the molecule is CCN(CC)CNCc1ccccc1[SiH3]. The minimum atomic E-state index is 0.989. The number of rotatable bonds is 6. The lowest BCUT2D eigenvalue weighted by molar-refractivity contribution is 0.278. The Morgan fingerprint density at radius 2 is 1.87 bits per heavy atom. The van der Waals surface area contributed by atoms with Gasteiger partial charge in [0.2, 0.25) is 0 Å². The molecule has 0 aliphatic carbocycles. The quantitative estimate of drug-likeness (QED) is 0.541. The third-order valence-electron chi connectivity index (χ3n) is 2.81. The van der Waals surface area contributed by atoms with Crippen molar-refractivity contribution in [2.75, 3.05) is 19.8 Å². The summed E-state index contributed by atoms with van der Waals surface area (Å²) in [6, 6.07) is 8.68. The molecule has 84 valence electrons. The van der Waals surface area contributed by atoms with E-state index in [1.165, 1.54) is 10.8 Å². The normalized spacial score (nSPS) is 11.1. The first-order valence-corrected chi connectivity index (χ1v) is 6.75. The van der Waals surface area contributed by atoms with Crippen molar-refractivity contribution in [1.29, 1.82) is 0 Å². The molecule has 0 radical (unpaired) electrons. The van der Waals surface area contributed by atoms with Crippen molar-refractivity contribution in [3.63, 3.8) is 0 Å². The summed E-state index contributed by atoms with van der Waals surface area (Å²) >= 11 is 0. The van der Waals surface area contributed by atoms with Gasteiger partial charge in [-0.2, -0.15) is 0 Å². The van der Waals surface area contributed by atoms with Crippen molar-refractivity contribution >= 4 is 15.4 Å². The molecule has 0 unspecified atom stereocenters.